The molecule has 3 nitrogen and oxygen atoms in total. The Morgan fingerprint density at radius 1 is 1.28 bits per heavy atom. The maximum absolute atomic E-state index is 9.73. The van der Waals surface area contributed by atoms with E-state index in [0.717, 1.165) is 26.3 Å². The number of morpholine rings is 1. The third-order valence-corrected chi connectivity index (χ3v) is 4.51. The van der Waals surface area contributed by atoms with Crippen LogP contribution in [-0.2, 0) is 4.74 Å². The molecule has 0 saturated carbocycles. The van der Waals surface area contributed by atoms with Gasteiger partial charge in [0, 0.05) is 17.8 Å². The van der Waals surface area contributed by atoms with Gasteiger partial charge in [0.25, 0.3) is 0 Å². The van der Waals surface area contributed by atoms with Crippen molar-refractivity contribution in [2.75, 3.05) is 32.9 Å². The van der Waals surface area contributed by atoms with Gasteiger partial charge in [-0.1, -0.05) is 18.2 Å². The van der Waals surface area contributed by atoms with Crippen molar-refractivity contribution in [3.05, 3.63) is 35.2 Å². The van der Waals surface area contributed by atoms with Crippen LogP contribution >= 0.6 is 11.3 Å². The number of ether oxygens (including phenoxy) is 1. The van der Waals surface area contributed by atoms with E-state index < -0.39 is 0 Å². The average molecular weight is 263 g/mol. The molecule has 1 N–H and O–H groups in total. The average Bonchev–Trinajstić information content (AvgIpc) is 2.85. The molecule has 2 heterocycles. The van der Waals surface area contributed by atoms with Crippen LogP contribution in [0.1, 0.15) is 11.6 Å². The normalized spacial score (nSPS) is 19.2. The zero-order valence-corrected chi connectivity index (χ0v) is 11.0. The maximum atomic E-state index is 9.73. The first-order valence-electron chi connectivity index (χ1n) is 6.29. The highest BCUT2D eigenvalue weighted by Gasteiger charge is 2.23. The number of rotatable bonds is 3. The molecule has 0 spiro atoms. The molecular formula is C14H17NO2S. The number of hydrogen-bond donors (Lipinski definition) is 1. The minimum Gasteiger partial charge on any atom is -0.394 e. The van der Waals surface area contributed by atoms with Gasteiger partial charge < -0.3 is 9.84 Å². The topological polar surface area (TPSA) is 32.7 Å². The summed E-state index contributed by atoms with van der Waals surface area (Å²) in [6.07, 6.45) is 0. The van der Waals surface area contributed by atoms with Gasteiger partial charge in [0.2, 0.25) is 0 Å². The highest BCUT2D eigenvalue weighted by molar-refractivity contribution is 7.17. The third-order valence-electron chi connectivity index (χ3n) is 3.53. The zero-order valence-electron chi connectivity index (χ0n) is 10.2. The number of hydrogen-bond acceptors (Lipinski definition) is 4. The van der Waals surface area contributed by atoms with E-state index >= 15 is 0 Å². The van der Waals surface area contributed by atoms with Crippen molar-refractivity contribution in [2.24, 2.45) is 0 Å². The number of thiophene rings is 1. The van der Waals surface area contributed by atoms with Gasteiger partial charge in [0.1, 0.15) is 0 Å². The Morgan fingerprint density at radius 2 is 2.06 bits per heavy atom. The Hall–Kier alpha value is -0.940. The fourth-order valence-corrected chi connectivity index (χ4v) is 3.56. The van der Waals surface area contributed by atoms with Crippen molar-refractivity contribution in [3.63, 3.8) is 0 Å². The van der Waals surface area contributed by atoms with E-state index in [0.29, 0.717) is 0 Å². The molecule has 1 unspecified atom stereocenters. The summed E-state index contributed by atoms with van der Waals surface area (Å²) in [6, 6.07) is 8.50. The lowest BCUT2D eigenvalue weighted by Gasteiger charge is -2.33. The summed E-state index contributed by atoms with van der Waals surface area (Å²) in [6.45, 7) is 3.49. The van der Waals surface area contributed by atoms with Gasteiger partial charge >= 0.3 is 0 Å². The summed E-state index contributed by atoms with van der Waals surface area (Å²) in [5.41, 5.74) is 1.25. The number of aliphatic hydroxyl groups is 1. The molecule has 1 aliphatic rings. The fourth-order valence-electron chi connectivity index (χ4n) is 2.56. The van der Waals surface area contributed by atoms with Crippen molar-refractivity contribution in [3.8, 4) is 0 Å². The fraction of sp³-hybridized carbons (Fsp3) is 0.429. The van der Waals surface area contributed by atoms with Crippen molar-refractivity contribution >= 4 is 21.4 Å². The molecule has 96 valence electrons. The Balaban J connectivity index is 1.95. The van der Waals surface area contributed by atoms with Crippen LogP contribution in [0, 0.1) is 0 Å². The summed E-state index contributed by atoms with van der Waals surface area (Å²) in [5.74, 6) is 0. The summed E-state index contributed by atoms with van der Waals surface area (Å²) < 4.78 is 6.67. The molecule has 4 heteroatoms. The maximum Gasteiger partial charge on any atom is 0.0629 e. The lowest BCUT2D eigenvalue weighted by Crippen LogP contribution is -2.40. The smallest absolute Gasteiger partial charge is 0.0629 e. The van der Waals surface area contributed by atoms with Crippen LogP contribution in [0.2, 0.25) is 0 Å². The molecule has 0 amide bonds. The Labute approximate surface area is 111 Å². The van der Waals surface area contributed by atoms with Gasteiger partial charge in [-0.15, -0.1) is 11.3 Å². The van der Waals surface area contributed by atoms with Gasteiger partial charge in [-0.25, -0.2) is 0 Å². The van der Waals surface area contributed by atoms with E-state index in [1.807, 2.05) is 0 Å². The second-order valence-corrected chi connectivity index (χ2v) is 5.45. The van der Waals surface area contributed by atoms with E-state index in [9.17, 15) is 5.11 Å². The lowest BCUT2D eigenvalue weighted by atomic mass is 10.0. The molecule has 3 rings (SSSR count). The summed E-state index contributed by atoms with van der Waals surface area (Å²) in [5, 5.41) is 13.2. The van der Waals surface area contributed by atoms with Crippen LogP contribution in [0.15, 0.2) is 29.6 Å². The predicted molar refractivity (Wildman–Crippen MR) is 74.0 cm³/mol. The molecule has 1 atom stereocenters. The Morgan fingerprint density at radius 3 is 2.83 bits per heavy atom. The van der Waals surface area contributed by atoms with Crippen molar-refractivity contribution in [1.82, 2.24) is 4.90 Å². The number of aliphatic hydroxyl groups excluding tert-OH is 1. The van der Waals surface area contributed by atoms with E-state index in [2.05, 4.69) is 34.5 Å². The molecule has 0 bridgehead atoms. The van der Waals surface area contributed by atoms with Gasteiger partial charge in [-0.3, -0.25) is 4.90 Å². The molecule has 0 aliphatic carbocycles. The summed E-state index contributed by atoms with van der Waals surface area (Å²) in [4.78, 5) is 2.32. The Bertz CT molecular complexity index is 519. The number of fused-ring (bicyclic) bond motifs is 1. The first-order valence-corrected chi connectivity index (χ1v) is 7.17. The van der Waals surface area contributed by atoms with E-state index in [1.165, 1.54) is 15.6 Å². The second kappa shape index (κ2) is 5.36. The summed E-state index contributed by atoms with van der Waals surface area (Å²) in [7, 11) is 0. The third kappa shape index (κ3) is 2.17. The monoisotopic (exact) mass is 263 g/mol. The lowest BCUT2D eigenvalue weighted by molar-refractivity contribution is 0.00303. The van der Waals surface area contributed by atoms with Gasteiger partial charge in [-0.05, 0) is 22.4 Å². The SMILES string of the molecule is OCC(c1csc2ccccc12)N1CCOCC1. The van der Waals surface area contributed by atoms with Gasteiger partial charge in [0.15, 0.2) is 0 Å². The van der Waals surface area contributed by atoms with Gasteiger partial charge in [-0.2, -0.15) is 0 Å². The highest BCUT2D eigenvalue weighted by atomic mass is 32.1. The number of nitrogens with zero attached hydrogens (tertiary/aromatic N) is 1. The van der Waals surface area contributed by atoms with Gasteiger partial charge in [0.05, 0.1) is 25.9 Å². The van der Waals surface area contributed by atoms with Crippen molar-refractivity contribution < 1.29 is 9.84 Å². The van der Waals surface area contributed by atoms with E-state index in [-0.39, 0.29) is 12.6 Å². The van der Waals surface area contributed by atoms with Crippen molar-refractivity contribution in [1.29, 1.82) is 0 Å². The molecule has 1 aliphatic heterocycles. The minimum absolute atomic E-state index is 0.102. The molecule has 0 radical (unpaired) electrons. The molecule has 1 fully saturated rings. The second-order valence-electron chi connectivity index (χ2n) is 4.53. The first kappa shape index (κ1) is 12.1. The number of benzene rings is 1. The Kier molecular flexibility index (Phi) is 3.61. The predicted octanol–water partition coefficient (Wildman–Crippen LogP) is 2.27. The molecule has 18 heavy (non-hydrogen) atoms. The highest BCUT2D eigenvalue weighted by Crippen LogP contribution is 2.33. The van der Waals surface area contributed by atoms with E-state index in [1.54, 1.807) is 11.3 Å². The van der Waals surface area contributed by atoms with Crippen LogP contribution in [0.3, 0.4) is 0 Å². The summed E-state index contributed by atoms with van der Waals surface area (Å²) >= 11 is 1.75. The van der Waals surface area contributed by atoms with E-state index in [4.69, 9.17) is 4.74 Å². The quantitative estimate of drug-likeness (QED) is 0.922. The van der Waals surface area contributed by atoms with Crippen LogP contribution in [-0.4, -0.2) is 42.9 Å². The van der Waals surface area contributed by atoms with Crippen molar-refractivity contribution in [2.45, 2.75) is 6.04 Å². The molecular weight excluding hydrogens is 246 g/mol. The molecule has 2 aromatic rings. The minimum atomic E-state index is 0.102. The molecule has 1 aromatic carbocycles. The van der Waals surface area contributed by atoms with Crippen LogP contribution in [0.25, 0.3) is 10.1 Å². The van der Waals surface area contributed by atoms with Crippen LogP contribution in [0.4, 0.5) is 0 Å². The largest absolute Gasteiger partial charge is 0.394 e. The standard InChI is InChI=1S/C14H17NO2S/c16-9-13(15-5-7-17-8-6-15)12-10-18-14-4-2-1-3-11(12)14/h1-4,10,13,16H,5-9H2. The van der Waals surface area contributed by atoms with Crippen LogP contribution in [0.5, 0.6) is 0 Å². The molecule has 1 saturated heterocycles. The molecule has 1 aromatic heterocycles. The zero-order chi connectivity index (χ0) is 12.4. The first-order chi connectivity index (χ1) is 8.90. The van der Waals surface area contributed by atoms with Crippen LogP contribution < -0.4 is 0 Å².